The van der Waals surface area contributed by atoms with Gasteiger partial charge in [0.2, 0.25) is 0 Å². The highest BCUT2D eigenvalue weighted by Crippen LogP contribution is 2.42. The van der Waals surface area contributed by atoms with Gasteiger partial charge >= 0.3 is 0 Å². The van der Waals surface area contributed by atoms with Crippen molar-refractivity contribution in [3.63, 3.8) is 0 Å². The van der Waals surface area contributed by atoms with E-state index in [1.54, 1.807) is 19.2 Å². The topological polar surface area (TPSA) is 58.6 Å². The number of nitrogens with one attached hydrogen (secondary N) is 1. The molecule has 0 aromatic heterocycles. The zero-order valence-corrected chi connectivity index (χ0v) is 19.5. The molecule has 1 aliphatic rings. The molecule has 33 heavy (non-hydrogen) atoms. The summed E-state index contributed by atoms with van der Waals surface area (Å²) in [6.07, 6.45) is 1.89. The molecule has 0 atom stereocenters. The van der Waals surface area contributed by atoms with Gasteiger partial charge in [0.05, 0.1) is 23.7 Å². The highest BCUT2D eigenvalue weighted by atomic mass is 32.2. The molecule has 1 heterocycles. The number of rotatable bonds is 7. The molecule has 0 spiro atoms. The predicted molar refractivity (Wildman–Crippen MR) is 133 cm³/mol. The second kappa shape index (κ2) is 10.5. The lowest BCUT2D eigenvalue weighted by Gasteiger charge is -2.30. The highest BCUT2D eigenvalue weighted by Gasteiger charge is 2.29. The van der Waals surface area contributed by atoms with E-state index in [9.17, 15) is 9.59 Å². The lowest BCUT2D eigenvalue weighted by atomic mass is 10.1. The Bertz CT molecular complexity index is 1190. The number of para-hydroxylation sites is 1. The minimum absolute atomic E-state index is 0.0263. The van der Waals surface area contributed by atoms with E-state index in [0.29, 0.717) is 30.2 Å². The van der Waals surface area contributed by atoms with Crippen molar-refractivity contribution in [3.05, 3.63) is 100.0 Å². The van der Waals surface area contributed by atoms with E-state index in [4.69, 9.17) is 4.74 Å². The fourth-order valence-corrected chi connectivity index (χ4v) is 4.72. The highest BCUT2D eigenvalue weighted by molar-refractivity contribution is 8.04. The van der Waals surface area contributed by atoms with Gasteiger partial charge in [0, 0.05) is 24.1 Å². The minimum atomic E-state index is -0.146. The minimum Gasteiger partial charge on any atom is -0.383 e. The van der Waals surface area contributed by atoms with Crippen LogP contribution in [-0.4, -0.2) is 32.1 Å². The molecule has 3 aromatic carbocycles. The lowest BCUT2D eigenvalue weighted by molar-refractivity contribution is -0.114. The van der Waals surface area contributed by atoms with Crippen molar-refractivity contribution >= 4 is 35.3 Å². The smallest absolute Gasteiger partial charge is 0.265 e. The molecule has 0 bridgehead atoms. The van der Waals surface area contributed by atoms with E-state index in [2.05, 4.69) is 24.4 Å². The Kier molecular flexibility index (Phi) is 7.27. The molecule has 0 saturated heterocycles. The van der Waals surface area contributed by atoms with Crippen molar-refractivity contribution in [2.45, 2.75) is 18.4 Å². The molecule has 0 aliphatic carbocycles. The average molecular weight is 459 g/mol. The van der Waals surface area contributed by atoms with Gasteiger partial charge in [-0.2, -0.15) is 0 Å². The van der Waals surface area contributed by atoms with Crippen LogP contribution in [0.15, 0.2) is 82.6 Å². The average Bonchev–Trinajstić information content (AvgIpc) is 2.82. The van der Waals surface area contributed by atoms with Crippen LogP contribution >= 0.6 is 11.8 Å². The maximum absolute atomic E-state index is 13.5. The SMILES string of the molecule is COCCNC(=O)c1ccc(C=C2Sc3ccccc3N(Cc3cccc(C)c3)C2=O)cc1. The third-order valence-electron chi connectivity index (χ3n) is 5.32. The number of aryl methyl sites for hydroxylation is 1. The van der Waals surface area contributed by atoms with Crippen LogP contribution in [0.25, 0.3) is 6.08 Å². The summed E-state index contributed by atoms with van der Waals surface area (Å²) < 4.78 is 4.96. The van der Waals surface area contributed by atoms with Crippen LogP contribution < -0.4 is 10.2 Å². The molecule has 6 heteroatoms. The summed E-state index contributed by atoms with van der Waals surface area (Å²) in [5.74, 6) is -0.172. The number of amides is 2. The standard InChI is InChI=1S/C27H26N2O3S/c1-19-6-5-7-21(16-19)18-29-23-8-3-4-9-24(23)33-25(27(29)31)17-20-10-12-22(13-11-20)26(30)28-14-15-32-2/h3-13,16-17H,14-15,18H2,1-2H3,(H,28,30). The number of carbonyl (C=O) groups excluding carboxylic acids is 2. The fraction of sp³-hybridized carbons (Fsp3) is 0.185. The van der Waals surface area contributed by atoms with Crippen molar-refractivity contribution in [2.24, 2.45) is 0 Å². The Hall–Kier alpha value is -3.35. The lowest BCUT2D eigenvalue weighted by Crippen LogP contribution is -2.33. The molecule has 4 rings (SSSR count). The molecular formula is C27H26N2O3S. The van der Waals surface area contributed by atoms with Crippen molar-refractivity contribution in [1.29, 1.82) is 0 Å². The summed E-state index contributed by atoms with van der Waals surface area (Å²) in [5, 5.41) is 2.81. The molecule has 0 radical (unpaired) electrons. The predicted octanol–water partition coefficient (Wildman–Crippen LogP) is 5.05. The number of carbonyl (C=O) groups is 2. The molecule has 2 amide bonds. The van der Waals surface area contributed by atoms with Crippen LogP contribution in [0, 0.1) is 6.92 Å². The molecule has 0 unspecified atom stereocenters. The van der Waals surface area contributed by atoms with Gasteiger partial charge in [0.15, 0.2) is 0 Å². The van der Waals surface area contributed by atoms with E-state index < -0.39 is 0 Å². The van der Waals surface area contributed by atoms with Crippen LogP contribution in [0.2, 0.25) is 0 Å². The third-order valence-corrected chi connectivity index (χ3v) is 6.39. The Morgan fingerprint density at radius 3 is 2.61 bits per heavy atom. The molecule has 0 saturated carbocycles. The van der Waals surface area contributed by atoms with Gasteiger partial charge in [0.25, 0.3) is 11.8 Å². The van der Waals surface area contributed by atoms with E-state index >= 15 is 0 Å². The number of hydrogen-bond donors (Lipinski definition) is 1. The van der Waals surface area contributed by atoms with Gasteiger partial charge in [-0.15, -0.1) is 0 Å². The normalized spacial score (nSPS) is 14.3. The summed E-state index contributed by atoms with van der Waals surface area (Å²) in [6.45, 7) is 3.49. The number of benzene rings is 3. The number of thioether (sulfide) groups is 1. The maximum Gasteiger partial charge on any atom is 0.265 e. The third kappa shape index (κ3) is 5.53. The number of methoxy groups -OCH3 is 1. The quantitative estimate of drug-likeness (QED) is 0.398. The Morgan fingerprint density at radius 2 is 1.85 bits per heavy atom. The summed E-state index contributed by atoms with van der Waals surface area (Å²) in [4.78, 5) is 29.2. The van der Waals surface area contributed by atoms with E-state index in [1.165, 1.54) is 17.3 Å². The summed E-state index contributed by atoms with van der Waals surface area (Å²) in [6, 6.07) is 23.5. The van der Waals surface area contributed by atoms with Gasteiger partial charge in [-0.25, -0.2) is 0 Å². The molecule has 1 aliphatic heterocycles. The first-order valence-corrected chi connectivity index (χ1v) is 11.6. The fourth-order valence-electron chi connectivity index (χ4n) is 3.66. The summed E-state index contributed by atoms with van der Waals surface area (Å²) >= 11 is 1.48. The van der Waals surface area contributed by atoms with Crippen molar-refractivity contribution in [1.82, 2.24) is 5.32 Å². The van der Waals surface area contributed by atoms with Gasteiger partial charge in [-0.1, -0.05) is 65.9 Å². The molecule has 168 valence electrons. The maximum atomic E-state index is 13.5. The van der Waals surface area contributed by atoms with E-state index in [0.717, 1.165) is 21.7 Å². The monoisotopic (exact) mass is 458 g/mol. The summed E-state index contributed by atoms with van der Waals surface area (Å²) in [7, 11) is 1.60. The van der Waals surface area contributed by atoms with Crippen LogP contribution in [0.1, 0.15) is 27.0 Å². The zero-order chi connectivity index (χ0) is 23.2. The van der Waals surface area contributed by atoms with Gasteiger partial charge in [0.1, 0.15) is 0 Å². The molecule has 3 aromatic rings. The van der Waals surface area contributed by atoms with Crippen molar-refractivity contribution in [2.75, 3.05) is 25.2 Å². The number of nitrogens with zero attached hydrogens (tertiary/aromatic N) is 1. The molecule has 0 fully saturated rings. The first-order chi connectivity index (χ1) is 16.0. The van der Waals surface area contributed by atoms with Crippen LogP contribution in [-0.2, 0) is 16.1 Å². The molecular weight excluding hydrogens is 432 g/mol. The first kappa shape index (κ1) is 22.8. The van der Waals surface area contributed by atoms with Gasteiger partial charge in [-0.05, 0) is 48.4 Å². The van der Waals surface area contributed by atoms with E-state index in [1.807, 2.05) is 59.5 Å². The van der Waals surface area contributed by atoms with Crippen LogP contribution in [0.4, 0.5) is 5.69 Å². The van der Waals surface area contributed by atoms with Gasteiger partial charge < -0.3 is 15.0 Å². The second-order valence-electron chi connectivity index (χ2n) is 7.83. The van der Waals surface area contributed by atoms with Crippen molar-refractivity contribution < 1.29 is 14.3 Å². The van der Waals surface area contributed by atoms with Gasteiger partial charge in [-0.3, -0.25) is 9.59 Å². The summed E-state index contributed by atoms with van der Waals surface area (Å²) in [5.41, 5.74) is 4.63. The largest absolute Gasteiger partial charge is 0.383 e. The molecule has 1 N–H and O–H groups in total. The zero-order valence-electron chi connectivity index (χ0n) is 18.7. The number of fused-ring (bicyclic) bond motifs is 1. The van der Waals surface area contributed by atoms with Crippen LogP contribution in [0.3, 0.4) is 0 Å². The number of anilines is 1. The van der Waals surface area contributed by atoms with Crippen molar-refractivity contribution in [3.8, 4) is 0 Å². The Labute approximate surface area is 198 Å². The molecule has 5 nitrogen and oxygen atoms in total. The van der Waals surface area contributed by atoms with Crippen LogP contribution in [0.5, 0.6) is 0 Å². The number of hydrogen-bond acceptors (Lipinski definition) is 4. The first-order valence-electron chi connectivity index (χ1n) is 10.8. The Morgan fingerprint density at radius 1 is 1.06 bits per heavy atom. The van der Waals surface area contributed by atoms with E-state index in [-0.39, 0.29) is 11.8 Å². The number of ether oxygens (including phenoxy) is 1. The Balaban J connectivity index is 1.58. The second-order valence-corrected chi connectivity index (χ2v) is 8.91.